The van der Waals surface area contributed by atoms with Crippen molar-refractivity contribution in [2.45, 2.75) is 31.3 Å². The standard InChI is InChI=1S/C19H23FN2O5S/c1-13(2)18(19(23)21-24)22(12-14-7-5-4-6-8-14)28(25,26)15-9-10-17(27-3)16(20)11-15/h4-11,13,18,24H,12H2,1-3H3,(H,21,23)/t18-/m0/s1. The van der Waals surface area contributed by atoms with Crippen molar-refractivity contribution in [3.63, 3.8) is 0 Å². The number of nitrogens with zero attached hydrogens (tertiary/aromatic N) is 1. The highest BCUT2D eigenvalue weighted by Crippen LogP contribution is 2.27. The summed E-state index contributed by atoms with van der Waals surface area (Å²) in [4.78, 5) is 11.9. The van der Waals surface area contributed by atoms with Crippen LogP contribution in [0.2, 0.25) is 0 Å². The number of benzene rings is 2. The second kappa shape index (κ2) is 9.13. The predicted octanol–water partition coefficient (Wildman–Crippen LogP) is 2.56. The molecule has 2 N–H and O–H groups in total. The van der Waals surface area contributed by atoms with Crippen molar-refractivity contribution >= 4 is 15.9 Å². The van der Waals surface area contributed by atoms with E-state index >= 15 is 0 Å². The molecule has 0 saturated carbocycles. The number of ether oxygens (including phenoxy) is 1. The van der Waals surface area contributed by atoms with Crippen molar-refractivity contribution in [3.8, 4) is 5.75 Å². The Balaban J connectivity index is 2.58. The third-order valence-corrected chi connectivity index (χ3v) is 6.05. The topological polar surface area (TPSA) is 95.9 Å². The van der Waals surface area contributed by atoms with Crippen LogP contribution in [0.5, 0.6) is 5.75 Å². The molecule has 0 aliphatic carbocycles. The van der Waals surface area contributed by atoms with E-state index in [0.29, 0.717) is 5.56 Å². The Kier molecular flexibility index (Phi) is 7.11. The molecule has 0 fully saturated rings. The van der Waals surface area contributed by atoms with Crippen LogP contribution in [0.25, 0.3) is 0 Å². The molecule has 9 heteroatoms. The first-order chi connectivity index (χ1) is 13.2. The van der Waals surface area contributed by atoms with Gasteiger partial charge in [0.25, 0.3) is 5.91 Å². The van der Waals surface area contributed by atoms with Gasteiger partial charge in [-0.25, -0.2) is 18.3 Å². The first-order valence-electron chi connectivity index (χ1n) is 8.55. The van der Waals surface area contributed by atoms with Gasteiger partial charge in [0.15, 0.2) is 11.6 Å². The highest BCUT2D eigenvalue weighted by molar-refractivity contribution is 7.89. The third-order valence-electron chi connectivity index (χ3n) is 4.23. The van der Waals surface area contributed by atoms with Crippen LogP contribution >= 0.6 is 0 Å². The van der Waals surface area contributed by atoms with Gasteiger partial charge < -0.3 is 4.74 Å². The summed E-state index contributed by atoms with van der Waals surface area (Å²) in [6.07, 6.45) is 0. The fourth-order valence-electron chi connectivity index (χ4n) is 2.87. The molecule has 28 heavy (non-hydrogen) atoms. The first-order valence-corrected chi connectivity index (χ1v) is 9.99. The lowest BCUT2D eigenvalue weighted by Gasteiger charge is -2.32. The van der Waals surface area contributed by atoms with Gasteiger partial charge in [-0.2, -0.15) is 4.31 Å². The van der Waals surface area contributed by atoms with Crippen molar-refractivity contribution in [1.29, 1.82) is 0 Å². The second-order valence-corrected chi connectivity index (χ2v) is 8.39. The monoisotopic (exact) mass is 410 g/mol. The van der Waals surface area contributed by atoms with E-state index in [1.165, 1.54) is 24.7 Å². The van der Waals surface area contributed by atoms with Gasteiger partial charge in [-0.15, -0.1) is 0 Å². The lowest BCUT2D eigenvalue weighted by molar-refractivity contribution is -0.134. The van der Waals surface area contributed by atoms with E-state index in [1.807, 2.05) is 0 Å². The van der Waals surface area contributed by atoms with Crippen LogP contribution in [0.1, 0.15) is 19.4 Å². The summed E-state index contributed by atoms with van der Waals surface area (Å²) in [5.74, 6) is -2.27. The predicted molar refractivity (Wildman–Crippen MR) is 101 cm³/mol. The maximum Gasteiger partial charge on any atom is 0.262 e. The molecule has 0 spiro atoms. The van der Waals surface area contributed by atoms with Gasteiger partial charge >= 0.3 is 0 Å². The minimum absolute atomic E-state index is 0.0953. The second-order valence-electron chi connectivity index (χ2n) is 6.50. The molecule has 0 heterocycles. The summed E-state index contributed by atoms with van der Waals surface area (Å²) < 4.78 is 46.5. The fourth-order valence-corrected chi connectivity index (χ4v) is 4.59. The van der Waals surface area contributed by atoms with E-state index < -0.39 is 33.7 Å². The minimum Gasteiger partial charge on any atom is -0.494 e. The first kappa shape index (κ1) is 21.8. The van der Waals surface area contributed by atoms with Crippen molar-refractivity contribution in [2.75, 3.05) is 7.11 Å². The number of hydrogen-bond acceptors (Lipinski definition) is 5. The number of hydroxylamine groups is 1. The van der Waals surface area contributed by atoms with Gasteiger partial charge in [0.1, 0.15) is 6.04 Å². The molecular weight excluding hydrogens is 387 g/mol. The van der Waals surface area contributed by atoms with Crippen LogP contribution in [0.4, 0.5) is 4.39 Å². The Labute approximate surface area is 163 Å². The van der Waals surface area contributed by atoms with Crippen molar-refractivity contribution in [2.24, 2.45) is 5.92 Å². The fraction of sp³-hybridized carbons (Fsp3) is 0.316. The van der Waals surface area contributed by atoms with Crippen LogP contribution in [0.15, 0.2) is 53.4 Å². The van der Waals surface area contributed by atoms with Gasteiger partial charge in [0.05, 0.1) is 12.0 Å². The molecule has 7 nitrogen and oxygen atoms in total. The summed E-state index contributed by atoms with van der Waals surface area (Å²) in [6.45, 7) is 3.18. The molecule has 2 aromatic carbocycles. The van der Waals surface area contributed by atoms with Gasteiger partial charge in [0.2, 0.25) is 10.0 Å². The average Bonchev–Trinajstić information content (AvgIpc) is 2.67. The molecule has 0 radical (unpaired) electrons. The number of carbonyl (C=O) groups is 1. The van der Waals surface area contributed by atoms with Gasteiger partial charge in [-0.05, 0) is 29.7 Å². The SMILES string of the molecule is COc1ccc(S(=O)(=O)N(Cc2ccccc2)[C@H](C(=O)NO)C(C)C)cc1F. The Morgan fingerprint density at radius 1 is 1.21 bits per heavy atom. The Morgan fingerprint density at radius 2 is 1.86 bits per heavy atom. The number of nitrogens with one attached hydrogen (secondary N) is 1. The van der Waals surface area contributed by atoms with Crippen LogP contribution < -0.4 is 10.2 Å². The van der Waals surface area contributed by atoms with Gasteiger partial charge in [-0.3, -0.25) is 10.0 Å². The highest BCUT2D eigenvalue weighted by atomic mass is 32.2. The summed E-state index contributed by atoms with van der Waals surface area (Å²) in [7, 11) is -3.01. The van der Waals surface area contributed by atoms with E-state index in [9.17, 15) is 17.6 Å². The number of methoxy groups -OCH3 is 1. The van der Waals surface area contributed by atoms with E-state index in [0.717, 1.165) is 10.4 Å². The molecule has 2 rings (SSSR count). The summed E-state index contributed by atoms with van der Waals surface area (Å²) >= 11 is 0. The van der Waals surface area contributed by atoms with Crippen LogP contribution in [-0.4, -0.2) is 37.0 Å². The lowest BCUT2D eigenvalue weighted by Crippen LogP contribution is -2.51. The number of hydrogen-bond donors (Lipinski definition) is 2. The third kappa shape index (κ3) is 4.67. The van der Waals surface area contributed by atoms with Gasteiger partial charge in [-0.1, -0.05) is 44.2 Å². The maximum absolute atomic E-state index is 14.1. The summed E-state index contributed by atoms with van der Waals surface area (Å²) in [5, 5.41) is 9.12. The molecule has 0 saturated heterocycles. The molecule has 0 aromatic heterocycles. The largest absolute Gasteiger partial charge is 0.494 e. The Bertz CT molecular complexity index is 919. The van der Waals surface area contributed by atoms with Gasteiger partial charge in [0, 0.05) is 6.54 Å². The van der Waals surface area contributed by atoms with Crippen molar-refractivity contribution in [1.82, 2.24) is 9.79 Å². The zero-order valence-corrected chi connectivity index (χ0v) is 16.6. The summed E-state index contributed by atoms with van der Waals surface area (Å²) in [5.41, 5.74) is 2.16. The van der Waals surface area contributed by atoms with Crippen molar-refractivity contribution < 1.29 is 27.5 Å². The molecule has 0 bridgehead atoms. The molecule has 1 atom stereocenters. The smallest absolute Gasteiger partial charge is 0.262 e. The molecular formula is C19H23FN2O5S. The van der Waals surface area contributed by atoms with E-state index in [-0.39, 0.29) is 17.2 Å². The zero-order valence-electron chi connectivity index (χ0n) is 15.8. The Hall–Kier alpha value is -2.49. The van der Waals surface area contributed by atoms with Crippen LogP contribution in [0.3, 0.4) is 0 Å². The molecule has 152 valence electrons. The quantitative estimate of drug-likeness (QED) is 0.515. The lowest BCUT2D eigenvalue weighted by atomic mass is 10.0. The molecule has 2 aromatic rings. The number of sulfonamides is 1. The summed E-state index contributed by atoms with van der Waals surface area (Å²) in [6, 6.07) is 10.7. The van der Waals surface area contributed by atoms with Crippen molar-refractivity contribution in [3.05, 3.63) is 59.9 Å². The molecule has 1 amide bonds. The minimum atomic E-state index is -4.28. The maximum atomic E-state index is 14.1. The van der Waals surface area contributed by atoms with Crippen LogP contribution in [0, 0.1) is 11.7 Å². The molecule has 0 aliphatic heterocycles. The number of halogens is 1. The molecule has 0 unspecified atom stereocenters. The number of carbonyl (C=O) groups excluding carboxylic acids is 1. The van der Waals surface area contributed by atoms with E-state index in [2.05, 4.69) is 0 Å². The number of rotatable bonds is 8. The molecule has 0 aliphatic rings. The Morgan fingerprint density at radius 3 is 2.36 bits per heavy atom. The highest BCUT2D eigenvalue weighted by Gasteiger charge is 2.38. The van der Waals surface area contributed by atoms with Crippen LogP contribution in [-0.2, 0) is 21.4 Å². The van der Waals surface area contributed by atoms with E-state index in [1.54, 1.807) is 44.2 Å². The van der Waals surface area contributed by atoms with E-state index in [4.69, 9.17) is 9.94 Å². The normalized spacial score (nSPS) is 12.8. The zero-order chi connectivity index (χ0) is 20.9. The average molecular weight is 410 g/mol. The number of amides is 1.